The first-order chi connectivity index (χ1) is 13.3. The van der Waals surface area contributed by atoms with Crippen LogP contribution in [0.1, 0.15) is 36.8 Å². The Morgan fingerprint density at radius 3 is 2.78 bits per heavy atom. The zero-order valence-corrected chi connectivity index (χ0v) is 15.5. The Bertz CT molecular complexity index is 704. The molecule has 6 heteroatoms. The predicted molar refractivity (Wildman–Crippen MR) is 104 cm³/mol. The first-order valence-corrected chi connectivity index (χ1v) is 9.53. The molecular weight excluding hydrogens is 342 g/mol. The zero-order chi connectivity index (χ0) is 18.9. The Morgan fingerprint density at radius 1 is 1.19 bits per heavy atom. The van der Waals surface area contributed by atoms with Gasteiger partial charge >= 0.3 is 6.09 Å². The second kappa shape index (κ2) is 9.92. The van der Waals surface area contributed by atoms with Crippen molar-refractivity contribution < 1.29 is 14.6 Å². The number of ether oxygens (including phenoxy) is 1. The van der Waals surface area contributed by atoms with Gasteiger partial charge in [-0.3, -0.25) is 0 Å². The fourth-order valence-electron chi connectivity index (χ4n) is 3.39. The molecule has 0 saturated carbocycles. The molecule has 1 aliphatic heterocycles. The van der Waals surface area contributed by atoms with Crippen LogP contribution in [0, 0.1) is 0 Å². The number of hydrogen-bond donors (Lipinski definition) is 2. The van der Waals surface area contributed by atoms with Gasteiger partial charge in [-0.1, -0.05) is 36.4 Å². The molecule has 27 heavy (non-hydrogen) atoms. The van der Waals surface area contributed by atoms with Crippen molar-refractivity contribution in [2.24, 2.45) is 0 Å². The van der Waals surface area contributed by atoms with E-state index in [1.165, 1.54) is 6.42 Å². The quantitative estimate of drug-likeness (QED) is 0.784. The van der Waals surface area contributed by atoms with Gasteiger partial charge in [0.1, 0.15) is 12.4 Å². The molecule has 1 saturated heterocycles. The minimum atomic E-state index is -0.443. The molecule has 3 rings (SSSR count). The molecule has 1 aromatic heterocycles. The number of nitrogens with one attached hydrogen (secondary N) is 1. The summed E-state index contributed by atoms with van der Waals surface area (Å²) in [7, 11) is 0. The number of pyridine rings is 1. The Hall–Kier alpha value is -2.60. The van der Waals surface area contributed by atoms with Gasteiger partial charge in [-0.2, -0.15) is 0 Å². The molecule has 2 aromatic rings. The van der Waals surface area contributed by atoms with E-state index >= 15 is 0 Å². The molecule has 144 valence electrons. The zero-order valence-electron chi connectivity index (χ0n) is 15.5. The number of piperidine rings is 1. The van der Waals surface area contributed by atoms with Crippen molar-refractivity contribution in [3.05, 3.63) is 59.8 Å². The SMILES string of the molecule is O=C(NCc1ccc(N2CCCCC2CCO)nc1)OCc1ccccc1. The number of aliphatic hydroxyl groups excluding tert-OH is 1. The van der Waals surface area contributed by atoms with E-state index in [9.17, 15) is 9.90 Å². The number of aromatic nitrogens is 1. The fourth-order valence-corrected chi connectivity index (χ4v) is 3.39. The molecule has 0 bridgehead atoms. The van der Waals surface area contributed by atoms with E-state index < -0.39 is 6.09 Å². The molecule has 0 aliphatic carbocycles. The lowest BCUT2D eigenvalue weighted by molar-refractivity contribution is 0.139. The number of carbonyl (C=O) groups is 1. The lowest BCUT2D eigenvalue weighted by Crippen LogP contribution is -2.40. The van der Waals surface area contributed by atoms with Crippen LogP contribution < -0.4 is 10.2 Å². The van der Waals surface area contributed by atoms with E-state index in [1.54, 1.807) is 6.20 Å². The van der Waals surface area contributed by atoms with E-state index in [1.807, 2.05) is 42.5 Å². The van der Waals surface area contributed by atoms with Crippen molar-refractivity contribution in [2.75, 3.05) is 18.1 Å². The molecule has 1 amide bonds. The van der Waals surface area contributed by atoms with E-state index in [0.717, 1.165) is 42.8 Å². The van der Waals surface area contributed by atoms with E-state index in [2.05, 4.69) is 15.2 Å². The third-order valence-corrected chi connectivity index (χ3v) is 4.84. The maximum atomic E-state index is 11.8. The van der Waals surface area contributed by atoms with Gasteiger partial charge in [-0.05, 0) is 42.9 Å². The molecule has 1 aromatic carbocycles. The van der Waals surface area contributed by atoms with Crippen molar-refractivity contribution in [2.45, 2.75) is 44.9 Å². The van der Waals surface area contributed by atoms with E-state index in [-0.39, 0.29) is 13.2 Å². The number of amides is 1. The van der Waals surface area contributed by atoms with Gasteiger partial charge in [-0.25, -0.2) is 9.78 Å². The van der Waals surface area contributed by atoms with Crippen molar-refractivity contribution >= 4 is 11.9 Å². The summed E-state index contributed by atoms with van der Waals surface area (Å²) in [6, 6.07) is 13.9. The number of nitrogens with zero attached hydrogens (tertiary/aromatic N) is 2. The summed E-state index contributed by atoms with van der Waals surface area (Å²) in [5, 5.41) is 12.0. The Balaban J connectivity index is 1.48. The highest BCUT2D eigenvalue weighted by molar-refractivity contribution is 5.67. The largest absolute Gasteiger partial charge is 0.445 e. The Morgan fingerprint density at radius 2 is 2.04 bits per heavy atom. The van der Waals surface area contributed by atoms with Crippen molar-refractivity contribution in [3.63, 3.8) is 0 Å². The number of aliphatic hydroxyl groups is 1. The molecule has 1 fully saturated rings. The highest BCUT2D eigenvalue weighted by atomic mass is 16.5. The lowest BCUT2D eigenvalue weighted by atomic mass is 9.99. The maximum Gasteiger partial charge on any atom is 0.407 e. The fraction of sp³-hybridized carbons (Fsp3) is 0.429. The van der Waals surface area contributed by atoms with Crippen LogP contribution in [0.4, 0.5) is 10.6 Å². The summed E-state index contributed by atoms with van der Waals surface area (Å²) >= 11 is 0. The van der Waals surface area contributed by atoms with Crippen LogP contribution >= 0.6 is 0 Å². The molecule has 2 N–H and O–H groups in total. The number of benzene rings is 1. The molecule has 2 heterocycles. The van der Waals surface area contributed by atoms with Crippen LogP contribution in [0.5, 0.6) is 0 Å². The summed E-state index contributed by atoms with van der Waals surface area (Å²) in [4.78, 5) is 18.7. The van der Waals surface area contributed by atoms with Gasteiger partial charge in [0.2, 0.25) is 0 Å². The monoisotopic (exact) mass is 369 g/mol. The van der Waals surface area contributed by atoms with Crippen LogP contribution in [0.2, 0.25) is 0 Å². The standard InChI is InChI=1S/C21H27N3O3/c25-13-11-19-8-4-5-12-24(19)20-10-9-18(14-22-20)15-23-21(26)27-16-17-6-2-1-3-7-17/h1-3,6-7,9-10,14,19,25H,4-5,8,11-13,15-16H2,(H,23,26). The summed E-state index contributed by atoms with van der Waals surface area (Å²) < 4.78 is 5.21. The highest BCUT2D eigenvalue weighted by Gasteiger charge is 2.22. The average Bonchev–Trinajstić information content (AvgIpc) is 2.73. The van der Waals surface area contributed by atoms with Gasteiger partial charge in [0, 0.05) is 31.9 Å². The number of anilines is 1. The molecule has 6 nitrogen and oxygen atoms in total. The maximum absolute atomic E-state index is 11.8. The number of rotatable bonds is 7. The minimum absolute atomic E-state index is 0.203. The van der Waals surface area contributed by atoms with Gasteiger partial charge in [-0.15, -0.1) is 0 Å². The second-order valence-corrected chi connectivity index (χ2v) is 6.80. The summed E-state index contributed by atoms with van der Waals surface area (Å²) in [5.74, 6) is 0.934. The summed E-state index contributed by atoms with van der Waals surface area (Å²) in [6.07, 6.45) is 5.57. The first-order valence-electron chi connectivity index (χ1n) is 9.53. The smallest absolute Gasteiger partial charge is 0.407 e. The van der Waals surface area contributed by atoms with Gasteiger partial charge in [0.15, 0.2) is 0 Å². The third kappa shape index (κ3) is 5.69. The Kier molecular flexibility index (Phi) is 7.04. The van der Waals surface area contributed by atoms with Crippen molar-refractivity contribution in [1.82, 2.24) is 10.3 Å². The van der Waals surface area contributed by atoms with Gasteiger partial charge < -0.3 is 20.1 Å². The predicted octanol–water partition coefficient (Wildman–Crippen LogP) is 3.25. The molecule has 0 radical (unpaired) electrons. The number of hydrogen-bond acceptors (Lipinski definition) is 5. The minimum Gasteiger partial charge on any atom is -0.445 e. The Labute approximate surface area is 160 Å². The normalized spacial score (nSPS) is 16.8. The topological polar surface area (TPSA) is 74.7 Å². The molecule has 1 atom stereocenters. The molecular formula is C21H27N3O3. The number of carbonyl (C=O) groups excluding carboxylic acids is 1. The van der Waals surface area contributed by atoms with Crippen LogP contribution in [0.25, 0.3) is 0 Å². The highest BCUT2D eigenvalue weighted by Crippen LogP contribution is 2.25. The van der Waals surface area contributed by atoms with E-state index in [0.29, 0.717) is 12.6 Å². The summed E-state index contributed by atoms with van der Waals surface area (Å²) in [5.41, 5.74) is 1.88. The summed E-state index contributed by atoms with van der Waals surface area (Å²) in [6.45, 7) is 1.81. The molecule has 1 unspecified atom stereocenters. The van der Waals surface area contributed by atoms with Crippen molar-refractivity contribution in [1.29, 1.82) is 0 Å². The second-order valence-electron chi connectivity index (χ2n) is 6.80. The van der Waals surface area contributed by atoms with Gasteiger partial charge in [0.05, 0.1) is 0 Å². The average molecular weight is 369 g/mol. The van der Waals surface area contributed by atoms with Crippen LogP contribution in [-0.4, -0.2) is 35.4 Å². The van der Waals surface area contributed by atoms with E-state index in [4.69, 9.17) is 4.74 Å². The lowest BCUT2D eigenvalue weighted by Gasteiger charge is -2.36. The van der Waals surface area contributed by atoms with Crippen LogP contribution in [0.3, 0.4) is 0 Å². The van der Waals surface area contributed by atoms with Crippen LogP contribution in [0.15, 0.2) is 48.7 Å². The third-order valence-electron chi connectivity index (χ3n) is 4.84. The van der Waals surface area contributed by atoms with Gasteiger partial charge in [0.25, 0.3) is 0 Å². The van der Waals surface area contributed by atoms with Crippen LogP contribution in [-0.2, 0) is 17.9 Å². The number of alkyl carbamates (subject to hydrolysis) is 1. The first kappa shape index (κ1) is 19.2. The van der Waals surface area contributed by atoms with Crippen molar-refractivity contribution in [3.8, 4) is 0 Å². The molecule has 1 aliphatic rings. The molecule has 0 spiro atoms.